The molecule has 0 aliphatic carbocycles. The van der Waals surface area contributed by atoms with Crippen molar-refractivity contribution in [3.8, 4) is 5.75 Å². The molecule has 150 valence electrons. The maximum Gasteiger partial charge on any atom is 0.293 e. The van der Waals surface area contributed by atoms with Crippen molar-refractivity contribution in [2.75, 3.05) is 7.11 Å². The molecular formula is C22H16N2O5S. The van der Waals surface area contributed by atoms with Gasteiger partial charge in [0.1, 0.15) is 5.75 Å². The summed E-state index contributed by atoms with van der Waals surface area (Å²) in [6.07, 6.45) is 1.71. The fourth-order valence-corrected chi connectivity index (χ4v) is 4.11. The number of imide groups is 1. The van der Waals surface area contributed by atoms with Gasteiger partial charge in [-0.3, -0.25) is 24.6 Å². The summed E-state index contributed by atoms with van der Waals surface area (Å²) >= 11 is 0.881. The Kier molecular flexibility index (Phi) is 5.24. The van der Waals surface area contributed by atoms with Crippen LogP contribution in [0.4, 0.5) is 10.5 Å². The van der Waals surface area contributed by atoms with Gasteiger partial charge in [-0.2, -0.15) is 0 Å². The fourth-order valence-electron chi connectivity index (χ4n) is 3.28. The number of ether oxygens (including phenoxy) is 1. The van der Waals surface area contributed by atoms with Crippen molar-refractivity contribution in [1.82, 2.24) is 4.90 Å². The molecule has 0 radical (unpaired) electrons. The predicted octanol–water partition coefficient (Wildman–Crippen LogP) is 4.99. The van der Waals surface area contributed by atoms with E-state index in [0.29, 0.717) is 10.5 Å². The summed E-state index contributed by atoms with van der Waals surface area (Å²) in [5.41, 5.74) is 1.41. The standard InChI is InChI=1S/C22H16N2O5S/c1-29-19-11-8-15(17-4-2-3-5-18(17)19)12-20-21(25)23(22(26)30-20)13-14-6-9-16(10-7-14)24(27)28/h2-12H,13H2,1H3/b20-12-. The Balaban J connectivity index is 1.62. The van der Waals surface area contributed by atoms with Crippen molar-refractivity contribution < 1.29 is 19.2 Å². The third-order valence-corrected chi connectivity index (χ3v) is 5.69. The number of amides is 2. The Morgan fingerprint density at radius 1 is 1.03 bits per heavy atom. The SMILES string of the molecule is COc1ccc(/C=C2\SC(=O)N(Cc3ccc([N+](=O)[O-])cc3)C2=O)c2ccccc12. The second kappa shape index (κ2) is 8.00. The molecule has 3 aromatic rings. The van der Waals surface area contributed by atoms with Gasteiger partial charge in [-0.1, -0.05) is 42.5 Å². The molecule has 3 aromatic carbocycles. The van der Waals surface area contributed by atoms with Gasteiger partial charge in [0.05, 0.1) is 23.5 Å². The molecule has 4 rings (SSSR count). The number of benzene rings is 3. The molecule has 0 spiro atoms. The van der Waals surface area contributed by atoms with Crippen LogP contribution in [0.1, 0.15) is 11.1 Å². The summed E-state index contributed by atoms with van der Waals surface area (Å²) in [5, 5.41) is 12.2. The average molecular weight is 420 g/mol. The third-order valence-electron chi connectivity index (χ3n) is 4.79. The summed E-state index contributed by atoms with van der Waals surface area (Å²) < 4.78 is 5.40. The van der Waals surface area contributed by atoms with Gasteiger partial charge in [0.15, 0.2) is 0 Å². The first-order valence-corrected chi connectivity index (χ1v) is 9.84. The number of carbonyl (C=O) groups is 2. The summed E-state index contributed by atoms with van der Waals surface area (Å²) in [7, 11) is 1.60. The van der Waals surface area contributed by atoms with Crippen LogP contribution in [0.15, 0.2) is 65.6 Å². The topological polar surface area (TPSA) is 89.8 Å². The van der Waals surface area contributed by atoms with E-state index < -0.39 is 4.92 Å². The number of nitrogens with zero attached hydrogens (tertiary/aromatic N) is 2. The second-order valence-electron chi connectivity index (χ2n) is 6.59. The maximum absolute atomic E-state index is 12.8. The van der Waals surface area contributed by atoms with Gasteiger partial charge in [-0.15, -0.1) is 0 Å². The van der Waals surface area contributed by atoms with Crippen LogP contribution in [-0.4, -0.2) is 28.1 Å². The fraction of sp³-hybridized carbons (Fsp3) is 0.0909. The molecule has 0 bridgehead atoms. The molecule has 0 N–H and O–H groups in total. The summed E-state index contributed by atoms with van der Waals surface area (Å²) in [6.45, 7) is 0.0589. The van der Waals surface area contributed by atoms with E-state index in [0.717, 1.165) is 38.7 Å². The Morgan fingerprint density at radius 2 is 1.73 bits per heavy atom. The van der Waals surface area contributed by atoms with Crippen LogP contribution in [0.2, 0.25) is 0 Å². The number of thioether (sulfide) groups is 1. The average Bonchev–Trinajstić information content (AvgIpc) is 3.01. The number of non-ortho nitro benzene ring substituents is 1. The summed E-state index contributed by atoms with van der Waals surface area (Å²) in [5.74, 6) is 0.345. The van der Waals surface area contributed by atoms with Gasteiger partial charge in [0.2, 0.25) is 0 Å². The van der Waals surface area contributed by atoms with Crippen molar-refractivity contribution in [3.63, 3.8) is 0 Å². The Bertz CT molecular complexity index is 1200. The van der Waals surface area contributed by atoms with Crippen LogP contribution in [-0.2, 0) is 11.3 Å². The molecule has 1 saturated heterocycles. The minimum absolute atomic E-state index is 0.0424. The molecule has 0 atom stereocenters. The molecule has 2 amide bonds. The first kappa shape index (κ1) is 19.7. The lowest BCUT2D eigenvalue weighted by Crippen LogP contribution is -2.27. The Hall–Kier alpha value is -3.65. The van der Waals surface area contributed by atoms with E-state index >= 15 is 0 Å². The summed E-state index contributed by atoms with van der Waals surface area (Å²) in [4.78, 5) is 37.0. The van der Waals surface area contributed by atoms with Gasteiger partial charge in [-0.25, -0.2) is 0 Å². The van der Waals surface area contributed by atoms with Crippen LogP contribution in [0.5, 0.6) is 5.75 Å². The van der Waals surface area contributed by atoms with Gasteiger partial charge >= 0.3 is 0 Å². The van der Waals surface area contributed by atoms with Crippen LogP contribution < -0.4 is 4.74 Å². The third kappa shape index (κ3) is 3.65. The van der Waals surface area contributed by atoms with Crippen molar-refractivity contribution in [2.24, 2.45) is 0 Å². The van der Waals surface area contributed by atoms with Crippen molar-refractivity contribution >= 4 is 45.4 Å². The smallest absolute Gasteiger partial charge is 0.293 e. The zero-order valence-corrected chi connectivity index (χ0v) is 16.7. The zero-order chi connectivity index (χ0) is 21.3. The van der Waals surface area contributed by atoms with Gasteiger partial charge in [-0.05, 0) is 40.4 Å². The second-order valence-corrected chi connectivity index (χ2v) is 7.59. The minimum Gasteiger partial charge on any atom is -0.496 e. The highest BCUT2D eigenvalue weighted by Crippen LogP contribution is 2.36. The van der Waals surface area contributed by atoms with Gasteiger partial charge in [0.25, 0.3) is 16.8 Å². The van der Waals surface area contributed by atoms with Crippen LogP contribution >= 0.6 is 11.8 Å². The van der Waals surface area contributed by atoms with Gasteiger partial charge < -0.3 is 4.74 Å². The largest absolute Gasteiger partial charge is 0.496 e. The van der Waals surface area contributed by atoms with E-state index in [-0.39, 0.29) is 23.4 Å². The predicted molar refractivity (Wildman–Crippen MR) is 115 cm³/mol. The molecule has 8 heteroatoms. The number of hydrogen-bond donors (Lipinski definition) is 0. The van der Waals surface area contributed by atoms with Crippen LogP contribution in [0.25, 0.3) is 16.8 Å². The molecule has 0 saturated carbocycles. The van der Waals surface area contributed by atoms with Gasteiger partial charge in [0, 0.05) is 17.5 Å². The number of rotatable bonds is 5. The molecule has 1 heterocycles. The molecule has 30 heavy (non-hydrogen) atoms. The van der Waals surface area contributed by atoms with E-state index in [2.05, 4.69) is 0 Å². The van der Waals surface area contributed by atoms with Crippen LogP contribution in [0, 0.1) is 10.1 Å². The number of methoxy groups -OCH3 is 1. The number of hydrogen-bond acceptors (Lipinski definition) is 6. The first-order valence-electron chi connectivity index (χ1n) is 9.02. The first-order chi connectivity index (χ1) is 14.5. The number of nitro benzene ring substituents is 1. The van der Waals surface area contributed by atoms with E-state index in [1.807, 2.05) is 36.4 Å². The summed E-state index contributed by atoms with van der Waals surface area (Å²) in [6, 6.07) is 17.2. The van der Waals surface area contributed by atoms with Crippen molar-refractivity contribution in [2.45, 2.75) is 6.54 Å². The highest BCUT2D eigenvalue weighted by molar-refractivity contribution is 8.18. The molecule has 1 fully saturated rings. The lowest BCUT2D eigenvalue weighted by molar-refractivity contribution is -0.384. The van der Waals surface area contributed by atoms with Crippen molar-refractivity contribution in [3.05, 3.63) is 86.8 Å². The number of carbonyl (C=O) groups excluding carboxylic acids is 2. The number of nitro groups is 1. The quantitative estimate of drug-likeness (QED) is 0.328. The van der Waals surface area contributed by atoms with E-state index in [1.54, 1.807) is 25.3 Å². The molecular weight excluding hydrogens is 404 g/mol. The van der Waals surface area contributed by atoms with Crippen molar-refractivity contribution in [1.29, 1.82) is 0 Å². The van der Waals surface area contributed by atoms with Crippen LogP contribution in [0.3, 0.4) is 0 Å². The monoisotopic (exact) mass is 420 g/mol. The highest BCUT2D eigenvalue weighted by Gasteiger charge is 2.35. The Morgan fingerprint density at radius 3 is 2.40 bits per heavy atom. The molecule has 0 unspecified atom stereocenters. The van der Waals surface area contributed by atoms with E-state index in [4.69, 9.17) is 4.74 Å². The lowest BCUT2D eigenvalue weighted by atomic mass is 10.0. The highest BCUT2D eigenvalue weighted by atomic mass is 32.2. The number of fused-ring (bicyclic) bond motifs is 1. The molecule has 1 aliphatic heterocycles. The minimum atomic E-state index is -0.494. The molecule has 0 aromatic heterocycles. The molecule has 7 nitrogen and oxygen atoms in total. The maximum atomic E-state index is 12.8. The van der Waals surface area contributed by atoms with E-state index in [9.17, 15) is 19.7 Å². The normalized spacial score (nSPS) is 15.2. The molecule has 1 aliphatic rings. The van der Waals surface area contributed by atoms with E-state index in [1.165, 1.54) is 12.1 Å². The Labute approximate surface area is 176 Å². The zero-order valence-electron chi connectivity index (χ0n) is 15.9. The lowest BCUT2D eigenvalue weighted by Gasteiger charge is -2.12.